The first-order valence-corrected chi connectivity index (χ1v) is 12.4. The predicted octanol–water partition coefficient (Wildman–Crippen LogP) is 5.23. The van der Waals surface area contributed by atoms with Crippen molar-refractivity contribution in [2.45, 2.75) is 35.2 Å². The van der Waals surface area contributed by atoms with E-state index >= 15 is 0 Å². The van der Waals surface area contributed by atoms with Gasteiger partial charge in [-0.2, -0.15) is 0 Å². The number of carbonyl (C=O) groups is 2. The van der Waals surface area contributed by atoms with Crippen molar-refractivity contribution in [3.8, 4) is 0 Å². The lowest BCUT2D eigenvalue weighted by atomic mass is 10.1. The van der Waals surface area contributed by atoms with Gasteiger partial charge in [-0.25, -0.2) is 0 Å². The van der Waals surface area contributed by atoms with Gasteiger partial charge in [-0.1, -0.05) is 42.1 Å². The fourth-order valence-corrected chi connectivity index (χ4v) is 5.40. The largest absolute Gasteiger partial charge is 0.368 e. The Bertz CT molecular complexity index is 1150. The topological polar surface area (TPSA) is 70.7 Å². The van der Waals surface area contributed by atoms with Crippen LogP contribution < -0.4 is 15.5 Å². The lowest BCUT2D eigenvalue weighted by Gasteiger charge is -2.32. The summed E-state index contributed by atoms with van der Waals surface area (Å²) < 4.78 is 5.43. The van der Waals surface area contributed by atoms with Crippen molar-refractivity contribution in [1.29, 1.82) is 0 Å². The molecule has 0 aliphatic carbocycles. The summed E-state index contributed by atoms with van der Waals surface area (Å²) in [5.41, 5.74) is 3.53. The SMILES string of the molecule is O=C(NCCCN1c2ccccc2Sc2ccccc21)c1cccc(NC(=O)C2CCCO2)c1. The summed E-state index contributed by atoms with van der Waals surface area (Å²) in [5.74, 6) is -0.307. The average Bonchev–Trinajstić information content (AvgIpc) is 3.41. The van der Waals surface area contributed by atoms with Gasteiger partial charge in [0, 0.05) is 40.7 Å². The number of rotatable bonds is 7. The van der Waals surface area contributed by atoms with Crippen LogP contribution in [0.25, 0.3) is 0 Å². The normalized spacial score (nSPS) is 16.5. The lowest BCUT2D eigenvalue weighted by molar-refractivity contribution is -0.124. The summed E-state index contributed by atoms with van der Waals surface area (Å²) in [7, 11) is 0. The molecule has 1 unspecified atom stereocenters. The lowest BCUT2D eigenvalue weighted by Crippen LogP contribution is -2.29. The minimum absolute atomic E-state index is 0.150. The Kier molecular flexibility index (Phi) is 6.83. The number of hydrogen-bond donors (Lipinski definition) is 2. The molecule has 0 radical (unpaired) electrons. The minimum Gasteiger partial charge on any atom is -0.368 e. The number of hydrogen-bond acceptors (Lipinski definition) is 5. The van der Waals surface area contributed by atoms with Crippen molar-refractivity contribution in [2.75, 3.05) is 29.9 Å². The third-order valence-electron chi connectivity index (χ3n) is 5.99. The molecule has 0 aromatic heterocycles. The highest BCUT2D eigenvalue weighted by molar-refractivity contribution is 7.99. The number of para-hydroxylation sites is 2. The smallest absolute Gasteiger partial charge is 0.253 e. The highest BCUT2D eigenvalue weighted by Crippen LogP contribution is 2.47. The molecule has 0 spiro atoms. The van der Waals surface area contributed by atoms with Crippen LogP contribution in [0.5, 0.6) is 0 Å². The molecule has 1 atom stereocenters. The van der Waals surface area contributed by atoms with E-state index in [1.54, 1.807) is 36.0 Å². The summed E-state index contributed by atoms with van der Waals surface area (Å²) in [6.45, 7) is 1.97. The highest BCUT2D eigenvalue weighted by Gasteiger charge is 2.24. The first-order chi connectivity index (χ1) is 16.7. The van der Waals surface area contributed by atoms with Crippen LogP contribution in [0.4, 0.5) is 17.1 Å². The van der Waals surface area contributed by atoms with Crippen molar-refractivity contribution < 1.29 is 14.3 Å². The molecule has 2 amide bonds. The average molecular weight is 474 g/mol. The Morgan fingerprint density at radius 3 is 2.41 bits per heavy atom. The molecule has 34 heavy (non-hydrogen) atoms. The van der Waals surface area contributed by atoms with Gasteiger partial charge < -0.3 is 20.3 Å². The Hall–Kier alpha value is -3.29. The number of carbonyl (C=O) groups excluding carboxylic acids is 2. The van der Waals surface area contributed by atoms with Crippen LogP contribution >= 0.6 is 11.8 Å². The molecule has 2 aliphatic heterocycles. The maximum atomic E-state index is 12.7. The molecule has 6 nitrogen and oxygen atoms in total. The molecule has 0 bridgehead atoms. The van der Waals surface area contributed by atoms with E-state index in [0.29, 0.717) is 24.4 Å². The molecular weight excluding hydrogens is 446 g/mol. The van der Waals surface area contributed by atoms with E-state index in [4.69, 9.17) is 4.74 Å². The maximum absolute atomic E-state index is 12.7. The monoisotopic (exact) mass is 473 g/mol. The van der Waals surface area contributed by atoms with E-state index in [9.17, 15) is 9.59 Å². The van der Waals surface area contributed by atoms with Crippen LogP contribution in [-0.2, 0) is 9.53 Å². The third kappa shape index (κ3) is 4.95. The van der Waals surface area contributed by atoms with E-state index in [1.807, 2.05) is 0 Å². The van der Waals surface area contributed by atoms with E-state index in [1.165, 1.54) is 21.2 Å². The Morgan fingerprint density at radius 2 is 1.71 bits per heavy atom. The van der Waals surface area contributed by atoms with Crippen molar-refractivity contribution in [2.24, 2.45) is 0 Å². The Labute approximate surface area is 203 Å². The summed E-state index contributed by atoms with van der Waals surface area (Å²) in [6, 6.07) is 23.9. The molecule has 3 aromatic carbocycles. The predicted molar refractivity (Wildman–Crippen MR) is 135 cm³/mol. The Balaban J connectivity index is 1.17. The molecule has 5 rings (SSSR count). The summed E-state index contributed by atoms with van der Waals surface area (Å²) in [5, 5.41) is 5.87. The van der Waals surface area contributed by atoms with Gasteiger partial charge in [0.1, 0.15) is 6.10 Å². The zero-order chi connectivity index (χ0) is 23.3. The van der Waals surface area contributed by atoms with Crippen LogP contribution in [-0.4, -0.2) is 37.6 Å². The van der Waals surface area contributed by atoms with Gasteiger partial charge in [0.15, 0.2) is 0 Å². The van der Waals surface area contributed by atoms with E-state index < -0.39 is 6.10 Å². The van der Waals surface area contributed by atoms with Crippen LogP contribution in [0.3, 0.4) is 0 Å². The number of ether oxygens (including phenoxy) is 1. The summed E-state index contributed by atoms with van der Waals surface area (Å²) in [6.07, 6.45) is 2.03. The number of anilines is 3. The van der Waals surface area contributed by atoms with Crippen molar-refractivity contribution in [1.82, 2.24) is 5.32 Å². The second kappa shape index (κ2) is 10.3. The van der Waals surface area contributed by atoms with Crippen molar-refractivity contribution in [3.05, 3.63) is 78.4 Å². The van der Waals surface area contributed by atoms with Crippen LogP contribution in [0, 0.1) is 0 Å². The quantitative estimate of drug-likeness (QED) is 0.460. The highest BCUT2D eigenvalue weighted by atomic mass is 32.2. The van der Waals surface area contributed by atoms with Gasteiger partial charge in [0.25, 0.3) is 11.8 Å². The zero-order valence-electron chi connectivity index (χ0n) is 18.8. The number of nitrogens with one attached hydrogen (secondary N) is 2. The summed E-state index contributed by atoms with van der Waals surface area (Å²) >= 11 is 1.79. The third-order valence-corrected chi connectivity index (χ3v) is 7.12. The van der Waals surface area contributed by atoms with Crippen LogP contribution in [0.2, 0.25) is 0 Å². The molecule has 1 fully saturated rings. The molecular formula is C27H27N3O3S. The fraction of sp³-hybridized carbons (Fsp3) is 0.259. The van der Waals surface area contributed by atoms with Gasteiger partial charge >= 0.3 is 0 Å². The number of amides is 2. The number of nitrogens with zero attached hydrogens (tertiary/aromatic N) is 1. The van der Waals surface area contributed by atoms with Gasteiger partial charge in [-0.15, -0.1) is 0 Å². The fourth-order valence-electron chi connectivity index (χ4n) is 4.31. The van der Waals surface area contributed by atoms with Gasteiger partial charge in [0.05, 0.1) is 11.4 Å². The minimum atomic E-state index is -0.402. The molecule has 3 aromatic rings. The van der Waals surface area contributed by atoms with E-state index in [0.717, 1.165) is 25.8 Å². The van der Waals surface area contributed by atoms with E-state index in [-0.39, 0.29) is 11.8 Å². The first-order valence-electron chi connectivity index (χ1n) is 11.6. The standard InChI is InChI=1S/C27H27N3O3S/c31-26(19-8-5-9-20(18-19)29-27(32)23-12-6-17-33-23)28-15-7-16-30-21-10-1-3-13-24(21)34-25-14-4-2-11-22(25)30/h1-5,8-11,13-14,18,23H,6-7,12,15-17H2,(H,28,31)(H,29,32). The molecule has 2 heterocycles. The molecule has 2 N–H and O–H groups in total. The van der Waals surface area contributed by atoms with E-state index in [2.05, 4.69) is 64.1 Å². The second-order valence-electron chi connectivity index (χ2n) is 8.37. The molecule has 2 aliphatic rings. The first kappa shape index (κ1) is 22.5. The van der Waals surface area contributed by atoms with Crippen molar-refractivity contribution >= 4 is 40.6 Å². The molecule has 7 heteroatoms. The van der Waals surface area contributed by atoms with Crippen molar-refractivity contribution in [3.63, 3.8) is 0 Å². The Morgan fingerprint density at radius 1 is 0.971 bits per heavy atom. The number of fused-ring (bicyclic) bond motifs is 2. The maximum Gasteiger partial charge on any atom is 0.253 e. The second-order valence-corrected chi connectivity index (χ2v) is 9.45. The number of benzene rings is 3. The van der Waals surface area contributed by atoms with Crippen LogP contribution in [0.1, 0.15) is 29.6 Å². The van der Waals surface area contributed by atoms with Gasteiger partial charge in [-0.3, -0.25) is 9.59 Å². The van der Waals surface area contributed by atoms with Gasteiger partial charge in [-0.05, 0) is 61.7 Å². The van der Waals surface area contributed by atoms with Gasteiger partial charge in [0.2, 0.25) is 0 Å². The molecule has 174 valence electrons. The summed E-state index contributed by atoms with van der Waals surface area (Å²) in [4.78, 5) is 29.8. The van der Waals surface area contributed by atoms with Crippen LogP contribution in [0.15, 0.2) is 82.6 Å². The molecule has 0 saturated carbocycles. The zero-order valence-corrected chi connectivity index (χ0v) is 19.6. The molecule has 1 saturated heterocycles.